The molecule has 0 saturated carbocycles. The lowest BCUT2D eigenvalue weighted by Crippen LogP contribution is -2.30. The predicted molar refractivity (Wildman–Crippen MR) is 125 cm³/mol. The summed E-state index contributed by atoms with van der Waals surface area (Å²) in [6, 6.07) is 12.4. The fourth-order valence-corrected chi connectivity index (χ4v) is 5.49. The Bertz CT molecular complexity index is 1420. The van der Waals surface area contributed by atoms with Gasteiger partial charge in [0.05, 0.1) is 18.3 Å². The molecule has 0 aliphatic carbocycles. The molecule has 5 aromatic rings. The smallest absolute Gasteiger partial charge is 0.167 e. The molecule has 0 radical (unpaired) electrons. The predicted octanol–water partition coefficient (Wildman–Crippen LogP) is 4.91. The normalized spacial score (nSPS) is 13.8. The van der Waals surface area contributed by atoms with Gasteiger partial charge in [-0.15, -0.1) is 11.3 Å². The van der Waals surface area contributed by atoms with E-state index in [9.17, 15) is 0 Å². The van der Waals surface area contributed by atoms with Crippen LogP contribution in [0.5, 0.6) is 0 Å². The highest BCUT2D eigenvalue weighted by Crippen LogP contribution is 2.37. The SMILES string of the molecule is Nc1c(Br)c(N2CCc3ccsc3C2)nc2c(-c3cnc4ccccc4c3)cnn12. The lowest BCUT2D eigenvalue weighted by Gasteiger charge is -2.29. The molecule has 1 aromatic carbocycles. The maximum absolute atomic E-state index is 6.46. The second kappa shape index (κ2) is 6.78. The first-order valence-corrected chi connectivity index (χ1v) is 11.3. The third-order valence-electron chi connectivity index (χ3n) is 5.63. The van der Waals surface area contributed by atoms with E-state index < -0.39 is 0 Å². The molecule has 5 heterocycles. The van der Waals surface area contributed by atoms with E-state index in [4.69, 9.17) is 10.7 Å². The van der Waals surface area contributed by atoms with Crippen LogP contribution in [0.15, 0.2) is 58.6 Å². The van der Waals surface area contributed by atoms with Crippen molar-refractivity contribution in [3.05, 3.63) is 69.1 Å². The summed E-state index contributed by atoms with van der Waals surface area (Å²) >= 11 is 5.47. The number of nitrogens with zero attached hydrogens (tertiary/aromatic N) is 5. The van der Waals surface area contributed by atoms with Crippen molar-refractivity contribution in [1.29, 1.82) is 0 Å². The van der Waals surface area contributed by atoms with Gasteiger partial charge in [0.2, 0.25) is 0 Å². The van der Waals surface area contributed by atoms with E-state index in [1.807, 2.05) is 30.6 Å². The van der Waals surface area contributed by atoms with Crippen molar-refractivity contribution in [3.63, 3.8) is 0 Å². The minimum atomic E-state index is 0.548. The standard InChI is InChI=1S/C22H17BrN6S/c23-19-20(24)29-21(27-22(19)28-7-5-13-6-8-30-18(13)12-28)16(11-26-29)15-9-14-3-1-2-4-17(14)25-10-15/h1-4,6,8-11H,5,7,12,24H2. The first-order valence-electron chi connectivity index (χ1n) is 9.67. The zero-order chi connectivity index (χ0) is 20.2. The molecule has 30 heavy (non-hydrogen) atoms. The zero-order valence-corrected chi connectivity index (χ0v) is 18.3. The molecular formula is C22H17BrN6S. The van der Waals surface area contributed by atoms with Crippen molar-refractivity contribution in [3.8, 4) is 11.1 Å². The molecule has 0 spiro atoms. The van der Waals surface area contributed by atoms with Crippen molar-refractivity contribution in [1.82, 2.24) is 19.6 Å². The highest BCUT2D eigenvalue weighted by molar-refractivity contribution is 9.10. The summed E-state index contributed by atoms with van der Waals surface area (Å²) in [4.78, 5) is 13.3. The lowest BCUT2D eigenvalue weighted by molar-refractivity contribution is 0.730. The summed E-state index contributed by atoms with van der Waals surface area (Å²) in [6.45, 7) is 1.75. The van der Waals surface area contributed by atoms with Gasteiger partial charge in [-0.3, -0.25) is 4.98 Å². The minimum Gasteiger partial charge on any atom is -0.383 e. The molecule has 6 rings (SSSR count). The lowest BCUT2D eigenvalue weighted by atomic mass is 10.1. The van der Waals surface area contributed by atoms with Crippen molar-refractivity contribution in [2.75, 3.05) is 17.2 Å². The van der Waals surface area contributed by atoms with Gasteiger partial charge in [0.1, 0.15) is 16.1 Å². The molecular weight excluding hydrogens is 460 g/mol. The molecule has 1 aliphatic rings. The third-order valence-corrected chi connectivity index (χ3v) is 7.34. The second-order valence-corrected chi connectivity index (χ2v) is 9.18. The number of rotatable bonds is 2. The Morgan fingerprint density at radius 1 is 1.13 bits per heavy atom. The van der Waals surface area contributed by atoms with Gasteiger partial charge in [-0.2, -0.15) is 9.61 Å². The van der Waals surface area contributed by atoms with E-state index in [2.05, 4.69) is 54.5 Å². The van der Waals surface area contributed by atoms with Gasteiger partial charge in [0, 0.05) is 34.1 Å². The van der Waals surface area contributed by atoms with Crippen molar-refractivity contribution in [2.45, 2.75) is 13.0 Å². The topological polar surface area (TPSA) is 72.3 Å². The number of thiophene rings is 1. The van der Waals surface area contributed by atoms with Crippen LogP contribution in [0.2, 0.25) is 0 Å². The van der Waals surface area contributed by atoms with Gasteiger partial charge in [-0.05, 0) is 51.5 Å². The highest BCUT2D eigenvalue weighted by atomic mass is 79.9. The zero-order valence-electron chi connectivity index (χ0n) is 15.9. The number of hydrogen-bond donors (Lipinski definition) is 1. The quantitative estimate of drug-likeness (QED) is 0.391. The molecule has 1 aliphatic heterocycles. The number of aromatic nitrogens is 4. The van der Waals surface area contributed by atoms with Gasteiger partial charge in [0.15, 0.2) is 5.65 Å². The van der Waals surface area contributed by atoms with Crippen LogP contribution in [-0.4, -0.2) is 26.1 Å². The Kier molecular flexibility index (Phi) is 4.04. The minimum absolute atomic E-state index is 0.548. The van der Waals surface area contributed by atoms with Crippen LogP contribution in [0.3, 0.4) is 0 Å². The molecule has 6 nitrogen and oxygen atoms in total. The summed E-state index contributed by atoms with van der Waals surface area (Å²) < 4.78 is 2.47. The van der Waals surface area contributed by atoms with E-state index in [1.54, 1.807) is 15.9 Å². The van der Waals surface area contributed by atoms with Gasteiger partial charge < -0.3 is 10.6 Å². The first kappa shape index (κ1) is 17.9. The molecule has 0 unspecified atom stereocenters. The molecule has 0 bridgehead atoms. The van der Waals surface area contributed by atoms with Gasteiger partial charge in [-0.1, -0.05) is 18.2 Å². The maximum atomic E-state index is 6.46. The Balaban J connectivity index is 1.50. The summed E-state index contributed by atoms with van der Waals surface area (Å²) in [7, 11) is 0. The summed E-state index contributed by atoms with van der Waals surface area (Å²) in [5, 5.41) is 7.75. The molecule has 0 fully saturated rings. The molecule has 0 saturated heterocycles. The number of para-hydroxylation sites is 1. The molecule has 148 valence electrons. The Morgan fingerprint density at radius 2 is 2.03 bits per heavy atom. The van der Waals surface area contributed by atoms with Crippen LogP contribution < -0.4 is 10.6 Å². The van der Waals surface area contributed by atoms with E-state index in [-0.39, 0.29) is 0 Å². The fraction of sp³-hybridized carbons (Fsp3) is 0.136. The summed E-state index contributed by atoms with van der Waals surface area (Å²) in [6.07, 6.45) is 4.70. The number of nitrogens with two attached hydrogens (primary N) is 1. The number of pyridine rings is 1. The van der Waals surface area contributed by atoms with E-state index in [1.165, 1.54) is 10.4 Å². The average molecular weight is 477 g/mol. The van der Waals surface area contributed by atoms with Crippen molar-refractivity contribution >= 4 is 55.5 Å². The summed E-state index contributed by atoms with van der Waals surface area (Å²) in [5.74, 6) is 1.40. The molecule has 4 aromatic heterocycles. The summed E-state index contributed by atoms with van der Waals surface area (Å²) in [5.41, 5.74) is 11.5. The largest absolute Gasteiger partial charge is 0.383 e. The van der Waals surface area contributed by atoms with Crippen LogP contribution in [0.1, 0.15) is 10.4 Å². The van der Waals surface area contributed by atoms with Crippen molar-refractivity contribution in [2.24, 2.45) is 0 Å². The van der Waals surface area contributed by atoms with E-state index >= 15 is 0 Å². The van der Waals surface area contributed by atoms with Crippen LogP contribution in [0.25, 0.3) is 27.7 Å². The Labute approximate surface area is 185 Å². The Hall–Kier alpha value is -2.97. The number of benzene rings is 1. The number of hydrogen-bond acceptors (Lipinski definition) is 6. The molecule has 2 N–H and O–H groups in total. The number of fused-ring (bicyclic) bond motifs is 3. The number of anilines is 2. The van der Waals surface area contributed by atoms with Crippen LogP contribution in [-0.2, 0) is 13.0 Å². The molecule has 8 heteroatoms. The highest BCUT2D eigenvalue weighted by Gasteiger charge is 2.24. The Morgan fingerprint density at radius 3 is 2.97 bits per heavy atom. The van der Waals surface area contributed by atoms with E-state index in [0.29, 0.717) is 5.82 Å². The average Bonchev–Trinajstić information content (AvgIpc) is 3.42. The first-order chi connectivity index (χ1) is 14.7. The monoisotopic (exact) mass is 476 g/mol. The van der Waals surface area contributed by atoms with Crippen LogP contribution >= 0.6 is 27.3 Å². The fourth-order valence-electron chi connectivity index (χ4n) is 4.03. The number of halogens is 1. The van der Waals surface area contributed by atoms with Crippen LogP contribution in [0, 0.1) is 0 Å². The molecule has 0 atom stereocenters. The molecule has 0 amide bonds. The van der Waals surface area contributed by atoms with Gasteiger partial charge in [0.25, 0.3) is 0 Å². The second-order valence-electron chi connectivity index (χ2n) is 7.39. The number of nitrogen functional groups attached to an aromatic ring is 1. The third kappa shape index (κ3) is 2.71. The maximum Gasteiger partial charge on any atom is 0.167 e. The van der Waals surface area contributed by atoms with Gasteiger partial charge in [-0.25, -0.2) is 4.98 Å². The van der Waals surface area contributed by atoms with Gasteiger partial charge >= 0.3 is 0 Å². The van der Waals surface area contributed by atoms with Crippen molar-refractivity contribution < 1.29 is 0 Å². The van der Waals surface area contributed by atoms with E-state index in [0.717, 1.165) is 57.5 Å². The van der Waals surface area contributed by atoms with Crippen LogP contribution in [0.4, 0.5) is 11.6 Å².